The number of nitrogens with two attached hydrogens (primary N) is 1. The van der Waals surface area contributed by atoms with Crippen LogP contribution < -0.4 is 16.6 Å². The van der Waals surface area contributed by atoms with Crippen molar-refractivity contribution in [2.24, 2.45) is 5.84 Å². The highest BCUT2D eigenvalue weighted by atomic mass is 79.9. The second kappa shape index (κ2) is 6.46. The average Bonchev–Trinajstić information content (AvgIpc) is 2.47. The Morgan fingerprint density at radius 2 is 2.05 bits per heavy atom. The third-order valence-electron chi connectivity index (χ3n) is 2.57. The van der Waals surface area contributed by atoms with Crippen molar-refractivity contribution in [3.05, 3.63) is 46.6 Å². The van der Waals surface area contributed by atoms with E-state index in [1.165, 1.54) is 0 Å². The normalized spacial score (nSPS) is 11.9. The Morgan fingerprint density at radius 1 is 1.32 bits per heavy atom. The molecule has 1 heterocycles. The van der Waals surface area contributed by atoms with Gasteiger partial charge in [0.2, 0.25) is 5.95 Å². The first-order chi connectivity index (χ1) is 9.24. The van der Waals surface area contributed by atoms with E-state index in [-0.39, 0.29) is 12.6 Å². The highest BCUT2D eigenvalue weighted by Gasteiger charge is 2.13. The number of aliphatic hydroxyl groups is 1. The Labute approximate surface area is 119 Å². The molecule has 0 saturated heterocycles. The Morgan fingerprint density at radius 3 is 2.68 bits per heavy atom. The Kier molecular flexibility index (Phi) is 4.67. The maximum Gasteiger partial charge on any atom is 0.239 e. The topological polar surface area (TPSA) is 96.1 Å². The summed E-state index contributed by atoms with van der Waals surface area (Å²) in [5.41, 5.74) is 3.35. The zero-order valence-corrected chi connectivity index (χ0v) is 11.6. The number of hydrogen-bond donors (Lipinski definition) is 4. The number of nitrogens with one attached hydrogen (secondary N) is 2. The molecule has 0 aliphatic rings. The number of hydrazine groups is 1. The van der Waals surface area contributed by atoms with Gasteiger partial charge in [0.05, 0.1) is 17.1 Å². The molecule has 19 heavy (non-hydrogen) atoms. The summed E-state index contributed by atoms with van der Waals surface area (Å²) in [5.74, 6) is 6.14. The number of nitrogen functional groups attached to an aromatic ring is 1. The Bertz CT molecular complexity index is 537. The zero-order chi connectivity index (χ0) is 13.7. The summed E-state index contributed by atoms with van der Waals surface area (Å²) in [6.45, 7) is -0.0498. The van der Waals surface area contributed by atoms with Crippen LogP contribution in [0.4, 0.5) is 11.8 Å². The first-order valence-corrected chi connectivity index (χ1v) is 6.45. The molecule has 5 N–H and O–H groups in total. The van der Waals surface area contributed by atoms with Crippen LogP contribution in [0.25, 0.3) is 0 Å². The summed E-state index contributed by atoms with van der Waals surface area (Å²) in [6, 6.07) is 9.38. The van der Waals surface area contributed by atoms with Crippen molar-refractivity contribution < 1.29 is 5.11 Å². The lowest BCUT2D eigenvalue weighted by Gasteiger charge is -2.18. The third-order valence-corrected chi connectivity index (χ3v) is 3.15. The molecule has 0 spiro atoms. The third kappa shape index (κ3) is 3.40. The molecule has 6 nitrogen and oxygen atoms in total. The predicted molar refractivity (Wildman–Crippen MR) is 77.4 cm³/mol. The second-order valence-electron chi connectivity index (χ2n) is 3.82. The first kappa shape index (κ1) is 13.7. The molecule has 0 radical (unpaired) electrons. The van der Waals surface area contributed by atoms with E-state index in [9.17, 15) is 5.11 Å². The van der Waals surface area contributed by atoms with Crippen molar-refractivity contribution in [2.45, 2.75) is 6.04 Å². The lowest BCUT2D eigenvalue weighted by Crippen LogP contribution is -2.17. The summed E-state index contributed by atoms with van der Waals surface area (Å²) < 4.78 is 0.695. The van der Waals surface area contributed by atoms with E-state index in [0.717, 1.165) is 5.56 Å². The van der Waals surface area contributed by atoms with Gasteiger partial charge in [0, 0.05) is 6.20 Å². The van der Waals surface area contributed by atoms with Gasteiger partial charge < -0.3 is 10.4 Å². The molecule has 2 aromatic rings. The number of aliphatic hydroxyl groups excluding tert-OH is 1. The molecule has 1 unspecified atom stereocenters. The number of halogens is 1. The van der Waals surface area contributed by atoms with E-state index >= 15 is 0 Å². The zero-order valence-electron chi connectivity index (χ0n) is 10.0. The highest BCUT2D eigenvalue weighted by Crippen LogP contribution is 2.24. The number of anilines is 2. The molecule has 0 saturated carbocycles. The van der Waals surface area contributed by atoms with Crippen LogP contribution in [0.1, 0.15) is 11.6 Å². The van der Waals surface area contributed by atoms with E-state index < -0.39 is 0 Å². The molecule has 100 valence electrons. The van der Waals surface area contributed by atoms with Crippen LogP contribution in [-0.4, -0.2) is 21.7 Å². The summed E-state index contributed by atoms with van der Waals surface area (Å²) in [4.78, 5) is 8.15. The van der Waals surface area contributed by atoms with E-state index in [1.807, 2.05) is 30.3 Å². The smallest absolute Gasteiger partial charge is 0.239 e. The molecular formula is C12H14BrN5O. The van der Waals surface area contributed by atoms with Crippen LogP contribution in [0.3, 0.4) is 0 Å². The average molecular weight is 324 g/mol. The summed E-state index contributed by atoms with van der Waals surface area (Å²) in [7, 11) is 0. The Balaban J connectivity index is 2.23. The molecular weight excluding hydrogens is 310 g/mol. The minimum absolute atomic E-state index is 0.0498. The standard InChI is InChI=1S/C12H14BrN5O/c13-9-6-15-12(18-14)17-11(9)16-10(7-19)8-4-2-1-3-5-8/h1-6,10,19H,7,14H2,(H2,15,16,17,18). The molecule has 2 rings (SSSR count). The summed E-state index contributed by atoms with van der Waals surface area (Å²) >= 11 is 3.35. The van der Waals surface area contributed by atoms with Gasteiger partial charge in [0.15, 0.2) is 0 Å². The van der Waals surface area contributed by atoms with Crippen molar-refractivity contribution >= 4 is 27.7 Å². The first-order valence-electron chi connectivity index (χ1n) is 5.66. The molecule has 0 aliphatic heterocycles. The molecule has 0 aliphatic carbocycles. The van der Waals surface area contributed by atoms with Crippen molar-refractivity contribution in [1.82, 2.24) is 9.97 Å². The molecule has 1 atom stereocenters. The minimum Gasteiger partial charge on any atom is -0.394 e. The van der Waals surface area contributed by atoms with Crippen LogP contribution in [0, 0.1) is 0 Å². The monoisotopic (exact) mass is 323 g/mol. The van der Waals surface area contributed by atoms with Crippen molar-refractivity contribution in [3.63, 3.8) is 0 Å². The van der Waals surface area contributed by atoms with E-state index in [2.05, 4.69) is 36.6 Å². The van der Waals surface area contributed by atoms with Gasteiger partial charge in [-0.25, -0.2) is 10.8 Å². The van der Waals surface area contributed by atoms with Crippen LogP contribution in [0.5, 0.6) is 0 Å². The van der Waals surface area contributed by atoms with Crippen molar-refractivity contribution in [1.29, 1.82) is 0 Å². The molecule has 1 aromatic heterocycles. The number of aromatic nitrogens is 2. The van der Waals surface area contributed by atoms with Crippen LogP contribution >= 0.6 is 15.9 Å². The van der Waals surface area contributed by atoms with Crippen LogP contribution in [-0.2, 0) is 0 Å². The number of hydrogen-bond acceptors (Lipinski definition) is 6. The van der Waals surface area contributed by atoms with Gasteiger partial charge in [-0.2, -0.15) is 4.98 Å². The van der Waals surface area contributed by atoms with Crippen LogP contribution in [0.15, 0.2) is 41.0 Å². The minimum atomic E-state index is -0.252. The van der Waals surface area contributed by atoms with Gasteiger partial charge >= 0.3 is 0 Å². The second-order valence-corrected chi connectivity index (χ2v) is 4.68. The molecule has 1 aromatic carbocycles. The van der Waals surface area contributed by atoms with Gasteiger partial charge in [-0.1, -0.05) is 30.3 Å². The fourth-order valence-electron chi connectivity index (χ4n) is 1.62. The Hall–Kier alpha value is -1.70. The van der Waals surface area contributed by atoms with Crippen molar-refractivity contribution in [2.75, 3.05) is 17.3 Å². The quantitative estimate of drug-likeness (QED) is 0.494. The van der Waals surface area contributed by atoms with E-state index in [0.29, 0.717) is 16.2 Å². The van der Waals surface area contributed by atoms with E-state index in [1.54, 1.807) is 6.20 Å². The fraction of sp³-hybridized carbons (Fsp3) is 0.167. The van der Waals surface area contributed by atoms with Gasteiger partial charge in [-0.3, -0.25) is 5.43 Å². The largest absolute Gasteiger partial charge is 0.394 e. The summed E-state index contributed by atoms with van der Waals surface area (Å²) in [5, 5.41) is 12.6. The van der Waals surface area contributed by atoms with Gasteiger partial charge in [0.25, 0.3) is 0 Å². The molecule has 0 bridgehead atoms. The lowest BCUT2D eigenvalue weighted by atomic mass is 10.1. The van der Waals surface area contributed by atoms with Gasteiger partial charge in [-0.15, -0.1) is 0 Å². The summed E-state index contributed by atoms with van der Waals surface area (Å²) in [6.07, 6.45) is 1.59. The van der Waals surface area contributed by atoms with Gasteiger partial charge in [-0.05, 0) is 21.5 Å². The van der Waals surface area contributed by atoms with Crippen molar-refractivity contribution in [3.8, 4) is 0 Å². The number of rotatable bonds is 5. The maximum atomic E-state index is 9.50. The van der Waals surface area contributed by atoms with E-state index in [4.69, 9.17) is 5.84 Å². The maximum absolute atomic E-state index is 9.50. The number of benzene rings is 1. The molecule has 0 amide bonds. The predicted octanol–water partition coefficient (Wildman–Crippen LogP) is 1.67. The fourth-order valence-corrected chi connectivity index (χ4v) is 1.93. The molecule has 0 fully saturated rings. The molecule has 7 heteroatoms. The van der Waals surface area contributed by atoms with Gasteiger partial charge in [0.1, 0.15) is 5.82 Å². The van der Waals surface area contributed by atoms with Crippen LogP contribution in [0.2, 0.25) is 0 Å². The SMILES string of the molecule is NNc1ncc(Br)c(NC(CO)c2ccccc2)n1. The lowest BCUT2D eigenvalue weighted by molar-refractivity contribution is 0.276. The number of nitrogens with zero attached hydrogens (tertiary/aromatic N) is 2. The highest BCUT2D eigenvalue weighted by molar-refractivity contribution is 9.10.